The van der Waals surface area contributed by atoms with E-state index in [1.165, 1.54) is 17.5 Å². The van der Waals surface area contributed by atoms with Gasteiger partial charge >= 0.3 is 0 Å². The van der Waals surface area contributed by atoms with E-state index in [0.717, 1.165) is 12.3 Å². The summed E-state index contributed by atoms with van der Waals surface area (Å²) in [6.07, 6.45) is 1.19. The summed E-state index contributed by atoms with van der Waals surface area (Å²) in [6.45, 7) is 10.2. The Morgan fingerprint density at radius 1 is 1.39 bits per heavy atom. The first-order valence-electron chi connectivity index (χ1n) is 6.86. The van der Waals surface area contributed by atoms with Crippen LogP contribution in [0.3, 0.4) is 0 Å². The highest BCUT2D eigenvalue weighted by Crippen LogP contribution is 2.38. The molecule has 0 amide bonds. The molecule has 18 heavy (non-hydrogen) atoms. The zero-order valence-corrected chi connectivity index (χ0v) is 12.2. The third-order valence-corrected chi connectivity index (χ3v) is 3.86. The first kappa shape index (κ1) is 13.4. The quantitative estimate of drug-likeness (QED) is 0.880. The Labute approximate surface area is 111 Å². The normalized spacial score (nSPS) is 21.8. The maximum absolute atomic E-state index is 5.37. The zero-order valence-electron chi connectivity index (χ0n) is 12.2. The fraction of sp³-hybridized carbons (Fsp3) is 0.625. The van der Waals surface area contributed by atoms with Crippen molar-refractivity contribution in [3.63, 3.8) is 0 Å². The Balaban J connectivity index is 2.41. The summed E-state index contributed by atoms with van der Waals surface area (Å²) in [5.41, 5.74) is 3.06. The van der Waals surface area contributed by atoms with E-state index in [4.69, 9.17) is 4.74 Å². The second kappa shape index (κ2) is 4.93. The molecule has 0 aliphatic carbocycles. The number of benzene rings is 1. The summed E-state index contributed by atoms with van der Waals surface area (Å²) in [7, 11) is 1.74. The lowest BCUT2D eigenvalue weighted by Gasteiger charge is -2.39. The molecule has 2 nitrogen and oxygen atoms in total. The van der Waals surface area contributed by atoms with Crippen molar-refractivity contribution in [3.8, 4) is 5.75 Å². The van der Waals surface area contributed by atoms with E-state index >= 15 is 0 Å². The summed E-state index contributed by atoms with van der Waals surface area (Å²) in [5.74, 6) is 1.67. The van der Waals surface area contributed by atoms with Crippen LogP contribution in [0.2, 0.25) is 0 Å². The molecule has 1 atom stereocenters. The zero-order chi connectivity index (χ0) is 13.3. The van der Waals surface area contributed by atoms with Gasteiger partial charge in [-0.3, -0.25) is 0 Å². The molecule has 0 fully saturated rings. The van der Waals surface area contributed by atoms with Gasteiger partial charge in [0.15, 0.2) is 0 Å². The number of hydrogen-bond donors (Lipinski definition) is 1. The van der Waals surface area contributed by atoms with Crippen molar-refractivity contribution in [1.82, 2.24) is 5.32 Å². The molecule has 0 radical (unpaired) electrons. The minimum Gasteiger partial charge on any atom is -0.497 e. The maximum Gasteiger partial charge on any atom is 0.119 e. The Bertz CT molecular complexity index is 423. The second-order valence-electron chi connectivity index (χ2n) is 6.40. The lowest BCUT2D eigenvalue weighted by Crippen LogP contribution is -2.42. The molecular formula is C16H25NO. The monoisotopic (exact) mass is 247 g/mol. The van der Waals surface area contributed by atoms with Gasteiger partial charge in [0.1, 0.15) is 5.75 Å². The fourth-order valence-electron chi connectivity index (χ4n) is 2.82. The number of hydrogen-bond acceptors (Lipinski definition) is 2. The van der Waals surface area contributed by atoms with Crippen LogP contribution in [0.5, 0.6) is 5.75 Å². The van der Waals surface area contributed by atoms with Gasteiger partial charge in [0.2, 0.25) is 0 Å². The van der Waals surface area contributed by atoms with Gasteiger partial charge in [-0.25, -0.2) is 0 Å². The van der Waals surface area contributed by atoms with Crippen LogP contribution in [0.1, 0.15) is 51.3 Å². The van der Waals surface area contributed by atoms with Crippen LogP contribution in [0.4, 0.5) is 0 Å². The molecule has 0 aromatic heterocycles. The average Bonchev–Trinajstić information content (AvgIpc) is 2.32. The van der Waals surface area contributed by atoms with E-state index in [1.807, 2.05) is 0 Å². The highest BCUT2D eigenvalue weighted by molar-refractivity contribution is 5.43. The SMILES string of the molecule is COc1ccc2c(c1)C(C)(C)CNC2CC(C)C. The molecule has 0 saturated heterocycles. The third-order valence-electron chi connectivity index (χ3n) is 3.86. The van der Waals surface area contributed by atoms with E-state index in [0.29, 0.717) is 12.0 Å². The molecule has 0 bridgehead atoms. The van der Waals surface area contributed by atoms with Gasteiger partial charge < -0.3 is 10.1 Å². The van der Waals surface area contributed by atoms with Crippen LogP contribution >= 0.6 is 0 Å². The van der Waals surface area contributed by atoms with Gasteiger partial charge in [0.25, 0.3) is 0 Å². The predicted octanol–water partition coefficient (Wildman–Crippen LogP) is 3.66. The molecule has 1 unspecified atom stereocenters. The van der Waals surface area contributed by atoms with Crippen molar-refractivity contribution in [1.29, 1.82) is 0 Å². The molecule has 2 heteroatoms. The Kier molecular flexibility index (Phi) is 3.67. The molecule has 0 saturated carbocycles. The van der Waals surface area contributed by atoms with Crippen LogP contribution in [-0.4, -0.2) is 13.7 Å². The number of fused-ring (bicyclic) bond motifs is 1. The van der Waals surface area contributed by atoms with E-state index in [-0.39, 0.29) is 5.41 Å². The highest BCUT2D eigenvalue weighted by Gasteiger charge is 2.32. The maximum atomic E-state index is 5.37. The summed E-state index contributed by atoms with van der Waals surface area (Å²) in [4.78, 5) is 0. The molecule has 1 aliphatic rings. The van der Waals surface area contributed by atoms with E-state index < -0.39 is 0 Å². The van der Waals surface area contributed by atoms with E-state index in [1.54, 1.807) is 7.11 Å². The topological polar surface area (TPSA) is 21.3 Å². The minimum absolute atomic E-state index is 0.178. The number of methoxy groups -OCH3 is 1. The summed E-state index contributed by atoms with van der Waals surface area (Å²) in [6, 6.07) is 7.01. The largest absolute Gasteiger partial charge is 0.497 e. The standard InChI is InChI=1S/C16H25NO/c1-11(2)8-15-13-7-6-12(18-5)9-14(13)16(3,4)10-17-15/h6-7,9,11,15,17H,8,10H2,1-5H3. The van der Waals surface area contributed by atoms with Crippen LogP contribution in [0.15, 0.2) is 18.2 Å². The molecule has 0 spiro atoms. The van der Waals surface area contributed by atoms with E-state index in [2.05, 4.69) is 51.2 Å². The summed E-state index contributed by atoms with van der Waals surface area (Å²) in [5, 5.41) is 3.69. The van der Waals surface area contributed by atoms with Crippen LogP contribution in [-0.2, 0) is 5.41 Å². The van der Waals surface area contributed by atoms with Crippen LogP contribution in [0.25, 0.3) is 0 Å². The summed E-state index contributed by atoms with van der Waals surface area (Å²) < 4.78 is 5.37. The molecule has 1 N–H and O–H groups in total. The van der Waals surface area contributed by atoms with Crippen LogP contribution < -0.4 is 10.1 Å². The molecule has 100 valence electrons. The van der Waals surface area contributed by atoms with Gasteiger partial charge in [-0.05, 0) is 35.6 Å². The molecular weight excluding hydrogens is 222 g/mol. The van der Waals surface area contributed by atoms with Crippen molar-refractivity contribution < 1.29 is 4.74 Å². The smallest absolute Gasteiger partial charge is 0.119 e. The van der Waals surface area contributed by atoms with Crippen molar-refractivity contribution >= 4 is 0 Å². The minimum atomic E-state index is 0.178. The lowest BCUT2D eigenvalue weighted by molar-refractivity contribution is 0.340. The predicted molar refractivity (Wildman–Crippen MR) is 76.2 cm³/mol. The van der Waals surface area contributed by atoms with Crippen molar-refractivity contribution in [2.24, 2.45) is 5.92 Å². The van der Waals surface area contributed by atoms with Crippen molar-refractivity contribution in [2.75, 3.05) is 13.7 Å². The molecule has 1 aliphatic heterocycles. The lowest BCUT2D eigenvalue weighted by atomic mass is 9.75. The fourth-order valence-corrected chi connectivity index (χ4v) is 2.82. The average molecular weight is 247 g/mol. The van der Waals surface area contributed by atoms with Crippen molar-refractivity contribution in [2.45, 2.75) is 45.6 Å². The number of rotatable bonds is 3. The number of nitrogens with one attached hydrogen (secondary N) is 1. The van der Waals surface area contributed by atoms with Gasteiger partial charge in [-0.1, -0.05) is 33.8 Å². The second-order valence-corrected chi connectivity index (χ2v) is 6.40. The third kappa shape index (κ3) is 2.54. The molecule has 1 aromatic rings. The van der Waals surface area contributed by atoms with Gasteiger partial charge in [0, 0.05) is 18.0 Å². The van der Waals surface area contributed by atoms with Gasteiger partial charge in [-0.15, -0.1) is 0 Å². The molecule has 1 aromatic carbocycles. The molecule has 1 heterocycles. The van der Waals surface area contributed by atoms with Crippen molar-refractivity contribution in [3.05, 3.63) is 29.3 Å². The first-order valence-corrected chi connectivity index (χ1v) is 6.86. The highest BCUT2D eigenvalue weighted by atomic mass is 16.5. The molecule has 2 rings (SSSR count). The van der Waals surface area contributed by atoms with E-state index in [9.17, 15) is 0 Å². The summed E-state index contributed by atoms with van der Waals surface area (Å²) >= 11 is 0. The first-order chi connectivity index (χ1) is 8.44. The van der Waals surface area contributed by atoms with Gasteiger partial charge in [-0.2, -0.15) is 0 Å². The van der Waals surface area contributed by atoms with Crippen LogP contribution in [0, 0.1) is 5.92 Å². The Hall–Kier alpha value is -1.02. The Morgan fingerprint density at radius 3 is 2.72 bits per heavy atom. The Morgan fingerprint density at radius 2 is 2.11 bits per heavy atom. The number of ether oxygens (including phenoxy) is 1. The van der Waals surface area contributed by atoms with Gasteiger partial charge in [0.05, 0.1) is 7.11 Å².